The van der Waals surface area contributed by atoms with Crippen molar-refractivity contribution in [1.82, 2.24) is 15.1 Å². The van der Waals surface area contributed by atoms with E-state index in [1.165, 1.54) is 6.08 Å². The van der Waals surface area contributed by atoms with Crippen LogP contribution in [0.1, 0.15) is 18.5 Å². The number of imide groups is 2. The zero-order valence-electron chi connectivity index (χ0n) is 12.7. The van der Waals surface area contributed by atoms with Crippen LogP contribution in [-0.2, 0) is 14.4 Å². The van der Waals surface area contributed by atoms with Crippen LogP contribution in [0.4, 0.5) is 4.79 Å². The molecule has 1 saturated heterocycles. The van der Waals surface area contributed by atoms with Crippen LogP contribution < -0.4 is 5.32 Å². The fraction of sp³-hybridized carbons (Fsp3) is 0.250. The number of carbonyl (C=O) groups is 4. The van der Waals surface area contributed by atoms with Gasteiger partial charge in [0.1, 0.15) is 6.54 Å². The van der Waals surface area contributed by atoms with E-state index in [1.807, 2.05) is 30.3 Å². The maximum Gasteiger partial charge on any atom is 0.335 e. The topological polar surface area (TPSA) is 86.8 Å². The van der Waals surface area contributed by atoms with Gasteiger partial charge in [-0.15, -0.1) is 6.58 Å². The van der Waals surface area contributed by atoms with Crippen molar-refractivity contribution in [2.45, 2.75) is 13.0 Å². The monoisotopic (exact) mass is 315 g/mol. The summed E-state index contributed by atoms with van der Waals surface area (Å²) in [6.07, 6.45) is 1.34. The van der Waals surface area contributed by atoms with Gasteiger partial charge in [0, 0.05) is 6.54 Å². The van der Waals surface area contributed by atoms with Gasteiger partial charge in [-0.2, -0.15) is 0 Å². The van der Waals surface area contributed by atoms with E-state index in [0.29, 0.717) is 4.90 Å². The first-order valence-corrected chi connectivity index (χ1v) is 7.08. The first-order valence-electron chi connectivity index (χ1n) is 7.08. The van der Waals surface area contributed by atoms with Crippen LogP contribution in [-0.4, -0.2) is 46.6 Å². The Morgan fingerprint density at radius 1 is 1.17 bits per heavy atom. The van der Waals surface area contributed by atoms with E-state index in [4.69, 9.17) is 0 Å². The van der Waals surface area contributed by atoms with Crippen molar-refractivity contribution < 1.29 is 19.2 Å². The highest BCUT2D eigenvalue weighted by Crippen LogP contribution is 2.13. The van der Waals surface area contributed by atoms with Gasteiger partial charge >= 0.3 is 17.8 Å². The van der Waals surface area contributed by atoms with E-state index >= 15 is 0 Å². The minimum Gasteiger partial charge on any atom is -0.348 e. The van der Waals surface area contributed by atoms with E-state index < -0.39 is 30.3 Å². The summed E-state index contributed by atoms with van der Waals surface area (Å²) in [5.74, 6) is -2.46. The molecule has 0 aliphatic carbocycles. The molecular weight excluding hydrogens is 298 g/mol. The van der Waals surface area contributed by atoms with Gasteiger partial charge < -0.3 is 5.32 Å². The molecule has 1 atom stereocenters. The summed E-state index contributed by atoms with van der Waals surface area (Å²) in [5.41, 5.74) is 0.893. The molecule has 1 N–H and O–H groups in total. The normalized spacial score (nSPS) is 15.8. The first-order chi connectivity index (χ1) is 11.0. The van der Waals surface area contributed by atoms with Gasteiger partial charge in [0.15, 0.2) is 0 Å². The predicted octanol–water partition coefficient (Wildman–Crippen LogP) is 0.841. The number of benzene rings is 1. The number of nitrogens with zero attached hydrogens (tertiary/aromatic N) is 2. The molecule has 0 radical (unpaired) electrons. The molecule has 1 fully saturated rings. The van der Waals surface area contributed by atoms with Crippen LogP contribution in [0.15, 0.2) is 43.0 Å². The van der Waals surface area contributed by atoms with E-state index in [1.54, 1.807) is 6.92 Å². The lowest BCUT2D eigenvalue weighted by Crippen LogP contribution is -2.42. The lowest BCUT2D eigenvalue weighted by atomic mass is 10.1. The number of urea groups is 1. The molecule has 2 rings (SSSR count). The minimum atomic E-state index is -1.00. The van der Waals surface area contributed by atoms with Crippen LogP contribution in [0.3, 0.4) is 0 Å². The third-order valence-electron chi connectivity index (χ3n) is 3.43. The Hall–Kier alpha value is -2.96. The van der Waals surface area contributed by atoms with Gasteiger partial charge in [-0.05, 0) is 12.5 Å². The van der Waals surface area contributed by atoms with Crippen LogP contribution in [0.5, 0.6) is 0 Å². The second-order valence-corrected chi connectivity index (χ2v) is 5.08. The molecule has 1 aromatic carbocycles. The Balaban J connectivity index is 2.00. The smallest absolute Gasteiger partial charge is 0.335 e. The average molecular weight is 315 g/mol. The molecular formula is C16H17N3O4. The van der Waals surface area contributed by atoms with E-state index in [-0.39, 0.29) is 12.6 Å². The second kappa shape index (κ2) is 6.87. The molecule has 23 heavy (non-hydrogen) atoms. The minimum absolute atomic E-state index is 0.0675. The predicted molar refractivity (Wildman–Crippen MR) is 82.0 cm³/mol. The van der Waals surface area contributed by atoms with Crippen LogP contribution in [0.2, 0.25) is 0 Å². The van der Waals surface area contributed by atoms with Crippen molar-refractivity contribution in [2.75, 3.05) is 13.1 Å². The molecule has 0 spiro atoms. The van der Waals surface area contributed by atoms with Crippen molar-refractivity contribution in [2.24, 2.45) is 0 Å². The van der Waals surface area contributed by atoms with Crippen molar-refractivity contribution in [3.8, 4) is 0 Å². The highest BCUT2D eigenvalue weighted by atomic mass is 16.2. The summed E-state index contributed by atoms with van der Waals surface area (Å²) in [7, 11) is 0. The Morgan fingerprint density at radius 2 is 1.78 bits per heavy atom. The maximum absolute atomic E-state index is 12.0. The van der Waals surface area contributed by atoms with Crippen LogP contribution >= 0.6 is 0 Å². The van der Waals surface area contributed by atoms with E-state index in [9.17, 15) is 19.2 Å². The summed E-state index contributed by atoms with van der Waals surface area (Å²) < 4.78 is 0. The molecule has 0 aromatic heterocycles. The molecule has 0 saturated carbocycles. The van der Waals surface area contributed by atoms with Crippen molar-refractivity contribution >= 4 is 23.8 Å². The molecule has 1 heterocycles. The van der Waals surface area contributed by atoms with Gasteiger partial charge in [-0.3, -0.25) is 19.3 Å². The number of nitrogens with one attached hydrogen (secondary N) is 1. The van der Waals surface area contributed by atoms with Crippen LogP contribution in [0.25, 0.3) is 0 Å². The third kappa shape index (κ3) is 3.45. The molecule has 0 bridgehead atoms. The summed E-state index contributed by atoms with van der Waals surface area (Å²) >= 11 is 0. The van der Waals surface area contributed by atoms with E-state index in [2.05, 4.69) is 11.9 Å². The summed E-state index contributed by atoms with van der Waals surface area (Å²) in [6, 6.07) is 8.17. The zero-order chi connectivity index (χ0) is 17.0. The highest BCUT2D eigenvalue weighted by Gasteiger charge is 2.44. The summed E-state index contributed by atoms with van der Waals surface area (Å²) in [4.78, 5) is 48.9. The maximum atomic E-state index is 12.0. The van der Waals surface area contributed by atoms with Crippen molar-refractivity contribution in [1.29, 1.82) is 0 Å². The Bertz CT molecular complexity index is 657. The third-order valence-corrected chi connectivity index (χ3v) is 3.43. The number of carbonyl (C=O) groups excluding carboxylic acids is 4. The first kappa shape index (κ1) is 16.4. The number of rotatable bonds is 6. The Morgan fingerprint density at radius 3 is 2.39 bits per heavy atom. The molecule has 7 nitrogen and oxygen atoms in total. The molecule has 120 valence electrons. The lowest BCUT2D eigenvalue weighted by Gasteiger charge is -2.17. The zero-order valence-corrected chi connectivity index (χ0v) is 12.7. The fourth-order valence-electron chi connectivity index (χ4n) is 2.24. The molecule has 7 heteroatoms. The van der Waals surface area contributed by atoms with Crippen molar-refractivity contribution in [3.05, 3.63) is 48.6 Å². The quantitative estimate of drug-likeness (QED) is 0.479. The van der Waals surface area contributed by atoms with Gasteiger partial charge in [-0.25, -0.2) is 9.69 Å². The highest BCUT2D eigenvalue weighted by molar-refractivity contribution is 6.45. The van der Waals surface area contributed by atoms with Gasteiger partial charge in [0.05, 0.1) is 6.04 Å². The Kier molecular flexibility index (Phi) is 4.90. The largest absolute Gasteiger partial charge is 0.348 e. The molecule has 0 unspecified atom stereocenters. The number of hydrogen-bond donors (Lipinski definition) is 1. The van der Waals surface area contributed by atoms with Crippen LogP contribution in [0, 0.1) is 0 Å². The second-order valence-electron chi connectivity index (χ2n) is 5.08. The van der Waals surface area contributed by atoms with Gasteiger partial charge in [0.2, 0.25) is 5.91 Å². The SMILES string of the molecule is C=CCN1C(=O)C(=O)N(CC(=O)N[C@H](C)c2ccccc2)C1=O. The number of hydrogen-bond acceptors (Lipinski definition) is 4. The average Bonchev–Trinajstić information content (AvgIpc) is 2.74. The number of amides is 5. The molecule has 5 amide bonds. The summed E-state index contributed by atoms with van der Waals surface area (Å²) in [6.45, 7) is 4.65. The molecule has 1 aromatic rings. The van der Waals surface area contributed by atoms with Gasteiger partial charge in [-0.1, -0.05) is 36.4 Å². The summed E-state index contributed by atoms with van der Waals surface area (Å²) in [5, 5.41) is 2.69. The standard InChI is InChI=1S/C16H17N3O4/c1-3-9-18-14(21)15(22)19(16(18)23)10-13(20)17-11(2)12-7-5-4-6-8-12/h3-8,11H,1,9-10H2,2H3,(H,17,20)/t11-/m1/s1. The fourth-order valence-corrected chi connectivity index (χ4v) is 2.24. The molecule has 1 aliphatic rings. The Labute approximate surface area is 133 Å². The van der Waals surface area contributed by atoms with Gasteiger partial charge in [0.25, 0.3) is 0 Å². The van der Waals surface area contributed by atoms with E-state index in [0.717, 1.165) is 10.5 Å². The lowest BCUT2D eigenvalue weighted by molar-refractivity contribution is -0.143. The van der Waals surface area contributed by atoms with Crippen molar-refractivity contribution in [3.63, 3.8) is 0 Å². The molecule has 1 aliphatic heterocycles.